The van der Waals surface area contributed by atoms with Crippen LogP contribution in [0.2, 0.25) is 0 Å². The van der Waals surface area contributed by atoms with Crippen molar-refractivity contribution in [3.05, 3.63) is 57.3 Å². The molecule has 0 aliphatic heterocycles. The van der Waals surface area contributed by atoms with Gasteiger partial charge < -0.3 is 10.1 Å². The van der Waals surface area contributed by atoms with Crippen LogP contribution in [-0.2, 0) is 12.6 Å². The Kier molecular flexibility index (Phi) is 4.81. The van der Waals surface area contributed by atoms with Crippen LogP contribution in [0.15, 0.2) is 29.1 Å². The van der Waals surface area contributed by atoms with Crippen LogP contribution < -0.4 is 5.56 Å². The second-order valence-corrected chi connectivity index (χ2v) is 6.59. The van der Waals surface area contributed by atoms with Crippen LogP contribution in [0.3, 0.4) is 0 Å². The summed E-state index contributed by atoms with van der Waals surface area (Å²) in [5.41, 5.74) is 0.227. The Morgan fingerprint density at radius 2 is 1.85 bits per heavy atom. The minimum atomic E-state index is -4.41. The zero-order valence-electron chi connectivity index (χ0n) is 15.0. The molecular weight excluding hydrogens is 361 g/mol. The lowest BCUT2D eigenvalue weighted by atomic mass is 10.1. The molecule has 1 unspecified atom stereocenters. The number of hydrogen-bond donors (Lipinski definition) is 2. The normalized spacial score (nSPS) is 14.5. The summed E-state index contributed by atoms with van der Waals surface area (Å²) in [5.74, 6) is 0.400. The number of hydrogen-bond acceptors (Lipinski definition) is 4. The van der Waals surface area contributed by atoms with Crippen molar-refractivity contribution in [3.8, 4) is 0 Å². The van der Waals surface area contributed by atoms with E-state index in [1.165, 1.54) is 16.8 Å². The molecule has 2 aromatic heterocycles. The quantitative estimate of drug-likeness (QED) is 0.729. The van der Waals surface area contributed by atoms with Crippen molar-refractivity contribution >= 4 is 11.0 Å². The molecule has 0 spiro atoms. The molecule has 9 heteroatoms. The molecule has 2 heterocycles. The molecule has 6 nitrogen and oxygen atoms in total. The summed E-state index contributed by atoms with van der Waals surface area (Å²) >= 11 is 0. The van der Waals surface area contributed by atoms with Gasteiger partial charge in [0.2, 0.25) is 0 Å². The average molecular weight is 380 g/mol. The topological polar surface area (TPSA) is 83.8 Å². The van der Waals surface area contributed by atoms with Crippen LogP contribution in [0.25, 0.3) is 11.0 Å². The first-order valence-corrected chi connectivity index (χ1v) is 8.41. The number of aliphatic hydroxyl groups excluding tert-OH is 1. The summed E-state index contributed by atoms with van der Waals surface area (Å²) in [6.45, 7) is 4.98. The third-order valence-electron chi connectivity index (χ3n) is 4.33. The van der Waals surface area contributed by atoms with Gasteiger partial charge in [-0.2, -0.15) is 18.3 Å². The van der Waals surface area contributed by atoms with Gasteiger partial charge in [0.05, 0.1) is 23.4 Å². The standard InChI is InChI=1S/C18H19F3N4O2/c1-9(26)8-14-15-16(22-11(3)23-17(15)27)25(24-14)10(2)12-4-6-13(7-5-12)18(19,20)21/h4-7,9-10,26H,8H2,1-3H3,(H,22,23,27)/t9-,10?/m1/s1. The lowest BCUT2D eigenvalue weighted by Crippen LogP contribution is -2.14. The minimum Gasteiger partial charge on any atom is -0.393 e. The number of nitrogens with one attached hydrogen (secondary N) is 1. The van der Waals surface area contributed by atoms with Gasteiger partial charge in [0, 0.05) is 6.42 Å². The number of aliphatic hydroxyl groups is 1. The Morgan fingerprint density at radius 3 is 2.41 bits per heavy atom. The van der Waals surface area contributed by atoms with Crippen LogP contribution in [0, 0.1) is 6.92 Å². The minimum absolute atomic E-state index is 0.164. The van der Waals surface area contributed by atoms with E-state index in [9.17, 15) is 23.1 Å². The van der Waals surface area contributed by atoms with Gasteiger partial charge in [-0.1, -0.05) is 12.1 Å². The first kappa shape index (κ1) is 19.1. The summed E-state index contributed by atoms with van der Waals surface area (Å²) in [6, 6.07) is 4.34. The first-order chi connectivity index (χ1) is 12.6. The highest BCUT2D eigenvalue weighted by Gasteiger charge is 2.30. The Morgan fingerprint density at radius 1 is 1.22 bits per heavy atom. The van der Waals surface area contributed by atoms with E-state index < -0.39 is 23.9 Å². The van der Waals surface area contributed by atoms with Gasteiger partial charge in [0.15, 0.2) is 5.65 Å². The predicted octanol–water partition coefficient (Wildman–Crippen LogP) is 2.98. The molecule has 0 amide bonds. The van der Waals surface area contributed by atoms with E-state index in [-0.39, 0.29) is 17.4 Å². The van der Waals surface area contributed by atoms with Crippen molar-refractivity contribution in [1.82, 2.24) is 19.7 Å². The lowest BCUT2D eigenvalue weighted by Gasteiger charge is -2.15. The van der Waals surface area contributed by atoms with Gasteiger partial charge in [-0.05, 0) is 38.5 Å². The van der Waals surface area contributed by atoms with E-state index in [1.807, 2.05) is 0 Å². The van der Waals surface area contributed by atoms with E-state index in [2.05, 4.69) is 15.1 Å². The van der Waals surface area contributed by atoms with E-state index in [4.69, 9.17) is 0 Å². The monoisotopic (exact) mass is 380 g/mol. The van der Waals surface area contributed by atoms with E-state index in [0.29, 0.717) is 22.7 Å². The van der Waals surface area contributed by atoms with Crippen LogP contribution in [0.1, 0.15) is 42.5 Å². The number of halogens is 3. The smallest absolute Gasteiger partial charge is 0.393 e. The molecule has 0 saturated heterocycles. The zero-order chi connectivity index (χ0) is 19.9. The van der Waals surface area contributed by atoms with Gasteiger partial charge in [-0.25, -0.2) is 9.67 Å². The summed E-state index contributed by atoms with van der Waals surface area (Å²) in [7, 11) is 0. The third-order valence-corrected chi connectivity index (χ3v) is 4.33. The van der Waals surface area contributed by atoms with Crippen LogP contribution in [-0.4, -0.2) is 31.0 Å². The highest BCUT2D eigenvalue weighted by Crippen LogP contribution is 2.31. The second-order valence-electron chi connectivity index (χ2n) is 6.59. The zero-order valence-corrected chi connectivity index (χ0v) is 15.0. The number of aromatic amines is 1. The summed E-state index contributed by atoms with van der Waals surface area (Å²) < 4.78 is 39.8. The van der Waals surface area contributed by atoms with E-state index in [0.717, 1.165) is 12.1 Å². The van der Waals surface area contributed by atoms with Gasteiger partial charge in [-0.3, -0.25) is 4.79 Å². The molecule has 3 aromatic rings. The number of aromatic nitrogens is 4. The number of benzene rings is 1. The Balaban J connectivity index is 2.11. The van der Waals surface area contributed by atoms with Crippen LogP contribution in [0.4, 0.5) is 13.2 Å². The Labute approximate surface area is 152 Å². The maximum Gasteiger partial charge on any atom is 0.416 e. The van der Waals surface area contributed by atoms with Crippen molar-refractivity contribution < 1.29 is 18.3 Å². The fourth-order valence-electron chi connectivity index (χ4n) is 3.01. The molecule has 2 atom stereocenters. The molecule has 0 aliphatic carbocycles. The molecule has 0 saturated carbocycles. The van der Waals surface area contributed by atoms with E-state index >= 15 is 0 Å². The maximum absolute atomic E-state index is 12.8. The van der Waals surface area contributed by atoms with Gasteiger partial charge in [0.25, 0.3) is 5.56 Å². The van der Waals surface area contributed by atoms with Crippen LogP contribution >= 0.6 is 0 Å². The van der Waals surface area contributed by atoms with E-state index in [1.54, 1.807) is 20.8 Å². The maximum atomic E-state index is 12.8. The summed E-state index contributed by atoms with van der Waals surface area (Å²) in [5, 5.41) is 14.4. The fraction of sp³-hybridized carbons (Fsp3) is 0.389. The molecule has 0 bridgehead atoms. The highest BCUT2D eigenvalue weighted by atomic mass is 19.4. The molecule has 27 heavy (non-hydrogen) atoms. The summed E-state index contributed by atoms with van der Waals surface area (Å²) in [4.78, 5) is 19.3. The number of H-pyrrole nitrogens is 1. The number of fused-ring (bicyclic) bond motifs is 1. The fourth-order valence-corrected chi connectivity index (χ4v) is 3.01. The van der Waals surface area contributed by atoms with Crippen molar-refractivity contribution in [3.63, 3.8) is 0 Å². The first-order valence-electron chi connectivity index (χ1n) is 8.41. The number of rotatable bonds is 4. The van der Waals surface area contributed by atoms with Gasteiger partial charge >= 0.3 is 6.18 Å². The molecule has 0 aliphatic rings. The largest absolute Gasteiger partial charge is 0.416 e. The Bertz CT molecular complexity index is 1020. The van der Waals surface area contributed by atoms with Crippen molar-refractivity contribution in [2.24, 2.45) is 0 Å². The SMILES string of the molecule is Cc1nc2c(c(C[C@@H](C)O)nn2C(C)c2ccc(C(F)(F)F)cc2)c(=O)[nH]1. The molecule has 3 rings (SSSR count). The molecule has 2 N–H and O–H groups in total. The van der Waals surface area contributed by atoms with Crippen LogP contribution in [0.5, 0.6) is 0 Å². The third kappa shape index (κ3) is 3.73. The molecular formula is C18H19F3N4O2. The Hall–Kier alpha value is -2.68. The molecule has 0 radical (unpaired) electrons. The second kappa shape index (κ2) is 6.80. The molecule has 1 aromatic carbocycles. The molecule has 0 fully saturated rings. The van der Waals surface area contributed by atoms with Gasteiger partial charge in [-0.15, -0.1) is 0 Å². The molecule has 144 valence electrons. The lowest BCUT2D eigenvalue weighted by molar-refractivity contribution is -0.137. The van der Waals surface area contributed by atoms with Crippen molar-refractivity contribution in [2.45, 2.75) is 45.5 Å². The predicted molar refractivity (Wildman–Crippen MR) is 93.5 cm³/mol. The highest BCUT2D eigenvalue weighted by molar-refractivity contribution is 5.77. The average Bonchev–Trinajstić information content (AvgIpc) is 2.91. The summed E-state index contributed by atoms with van der Waals surface area (Å²) in [6.07, 6.45) is -4.95. The van der Waals surface area contributed by atoms with Crippen molar-refractivity contribution in [2.75, 3.05) is 0 Å². The number of alkyl halides is 3. The number of aryl methyl sites for hydroxylation is 1. The van der Waals surface area contributed by atoms with Crippen molar-refractivity contribution in [1.29, 1.82) is 0 Å². The van der Waals surface area contributed by atoms with Gasteiger partial charge in [0.1, 0.15) is 11.2 Å². The number of nitrogens with zero attached hydrogens (tertiary/aromatic N) is 3.